The van der Waals surface area contributed by atoms with Gasteiger partial charge < -0.3 is 19.7 Å². The molecule has 6 heteroatoms. The van der Waals surface area contributed by atoms with Gasteiger partial charge in [0.05, 0.1) is 6.54 Å². The van der Waals surface area contributed by atoms with Gasteiger partial charge in [-0.05, 0) is 50.7 Å². The molecule has 0 aliphatic carbocycles. The fourth-order valence-electron chi connectivity index (χ4n) is 3.14. The summed E-state index contributed by atoms with van der Waals surface area (Å²) < 4.78 is 25.1. The normalized spacial score (nSPS) is 16.8. The highest BCUT2D eigenvalue weighted by atomic mass is 19.1. The zero-order chi connectivity index (χ0) is 19.5. The van der Waals surface area contributed by atoms with Crippen LogP contribution in [0.5, 0.6) is 5.75 Å². The Morgan fingerprint density at radius 1 is 1.33 bits per heavy atom. The summed E-state index contributed by atoms with van der Waals surface area (Å²) in [6.07, 6.45) is 4.06. The Labute approximate surface area is 162 Å². The minimum Gasteiger partial charge on any atom is -0.485 e. The van der Waals surface area contributed by atoms with Crippen LogP contribution in [0.15, 0.2) is 29.3 Å². The number of hydrogen-bond acceptors (Lipinski definition) is 3. The molecular formula is C21H34FN3O2. The van der Waals surface area contributed by atoms with Crippen LogP contribution >= 0.6 is 0 Å². The average molecular weight is 380 g/mol. The molecule has 0 bridgehead atoms. The summed E-state index contributed by atoms with van der Waals surface area (Å²) in [5, 5.41) is 3.35. The van der Waals surface area contributed by atoms with E-state index in [9.17, 15) is 4.39 Å². The molecule has 5 nitrogen and oxygen atoms in total. The summed E-state index contributed by atoms with van der Waals surface area (Å²) >= 11 is 0. The third kappa shape index (κ3) is 7.37. The van der Waals surface area contributed by atoms with Crippen LogP contribution in [0.2, 0.25) is 0 Å². The monoisotopic (exact) mass is 379 g/mol. The van der Waals surface area contributed by atoms with Gasteiger partial charge in [0.15, 0.2) is 17.5 Å². The molecule has 1 unspecified atom stereocenters. The Morgan fingerprint density at radius 2 is 2.07 bits per heavy atom. The minimum atomic E-state index is -0.333. The van der Waals surface area contributed by atoms with Crippen LogP contribution in [0.1, 0.15) is 39.5 Å². The maximum atomic E-state index is 13.8. The van der Waals surface area contributed by atoms with Crippen molar-refractivity contribution < 1.29 is 13.9 Å². The van der Waals surface area contributed by atoms with E-state index in [1.165, 1.54) is 6.07 Å². The predicted molar refractivity (Wildman–Crippen MR) is 108 cm³/mol. The second kappa shape index (κ2) is 11.8. The van der Waals surface area contributed by atoms with Gasteiger partial charge in [0.2, 0.25) is 0 Å². The first-order valence-corrected chi connectivity index (χ1v) is 10.1. The number of benzene rings is 1. The number of nitrogens with zero attached hydrogens (tertiary/aromatic N) is 2. The first-order valence-electron chi connectivity index (χ1n) is 10.1. The molecule has 0 aromatic heterocycles. The zero-order valence-corrected chi connectivity index (χ0v) is 16.9. The lowest BCUT2D eigenvalue weighted by molar-refractivity contribution is 0.0625. The third-order valence-corrected chi connectivity index (χ3v) is 4.94. The van der Waals surface area contributed by atoms with Gasteiger partial charge in [0.1, 0.15) is 6.10 Å². The van der Waals surface area contributed by atoms with Crippen LogP contribution in [-0.4, -0.2) is 56.9 Å². The molecule has 1 saturated heterocycles. The molecule has 0 radical (unpaired) electrons. The highest BCUT2D eigenvalue weighted by Crippen LogP contribution is 2.19. The van der Waals surface area contributed by atoms with Crippen molar-refractivity contribution in [1.82, 2.24) is 10.2 Å². The number of aliphatic imine (C=N–C) groups is 1. The molecule has 152 valence electrons. The van der Waals surface area contributed by atoms with Gasteiger partial charge in [-0.1, -0.05) is 19.1 Å². The van der Waals surface area contributed by atoms with Crippen molar-refractivity contribution in [1.29, 1.82) is 0 Å². The Kier molecular flexibility index (Phi) is 9.39. The largest absolute Gasteiger partial charge is 0.485 e. The van der Waals surface area contributed by atoms with Crippen molar-refractivity contribution in [2.24, 2.45) is 10.9 Å². The molecular weight excluding hydrogens is 345 g/mol. The standard InChI is InChI=1S/C21H34FN3O2/c1-4-18(27-20-9-7-6-8-19(20)22)16-24-21(23-5-2)25(3)13-10-17-11-14-26-15-12-17/h6-9,17-18H,4-5,10-16H2,1-3H3,(H,23,24). The van der Waals surface area contributed by atoms with Crippen LogP contribution < -0.4 is 10.1 Å². The Hall–Kier alpha value is -1.82. The maximum absolute atomic E-state index is 13.8. The van der Waals surface area contributed by atoms with Gasteiger partial charge in [-0.2, -0.15) is 0 Å². The van der Waals surface area contributed by atoms with Crippen LogP contribution in [-0.2, 0) is 4.74 Å². The highest BCUT2D eigenvalue weighted by Gasteiger charge is 2.16. The number of ether oxygens (including phenoxy) is 2. The predicted octanol–water partition coefficient (Wildman–Crippen LogP) is 3.70. The van der Waals surface area contributed by atoms with Gasteiger partial charge in [0, 0.05) is 33.4 Å². The average Bonchev–Trinajstić information content (AvgIpc) is 2.70. The van der Waals surface area contributed by atoms with E-state index in [0.29, 0.717) is 6.54 Å². The maximum Gasteiger partial charge on any atom is 0.193 e. The van der Waals surface area contributed by atoms with Crippen LogP contribution in [0.3, 0.4) is 0 Å². The van der Waals surface area contributed by atoms with E-state index in [1.54, 1.807) is 18.2 Å². The summed E-state index contributed by atoms with van der Waals surface area (Å²) in [5.74, 6) is 1.56. The van der Waals surface area contributed by atoms with E-state index in [1.807, 2.05) is 6.92 Å². The summed E-state index contributed by atoms with van der Waals surface area (Å²) in [6.45, 7) is 8.13. The quantitative estimate of drug-likeness (QED) is 0.525. The Balaban J connectivity index is 1.90. The molecule has 1 atom stereocenters. The van der Waals surface area contributed by atoms with Gasteiger partial charge in [-0.15, -0.1) is 0 Å². The van der Waals surface area contributed by atoms with Gasteiger partial charge in [-0.3, -0.25) is 0 Å². The third-order valence-electron chi connectivity index (χ3n) is 4.94. The van der Waals surface area contributed by atoms with Crippen molar-refractivity contribution in [3.63, 3.8) is 0 Å². The number of nitrogens with one attached hydrogen (secondary N) is 1. The molecule has 0 saturated carbocycles. The molecule has 1 aliphatic rings. The zero-order valence-electron chi connectivity index (χ0n) is 16.9. The van der Waals surface area contributed by atoms with Crippen LogP contribution in [0.25, 0.3) is 0 Å². The molecule has 27 heavy (non-hydrogen) atoms. The summed E-state index contributed by atoms with van der Waals surface area (Å²) in [4.78, 5) is 6.91. The summed E-state index contributed by atoms with van der Waals surface area (Å²) in [6, 6.07) is 6.52. The minimum absolute atomic E-state index is 0.153. The number of para-hydroxylation sites is 1. The van der Waals surface area contributed by atoms with E-state index in [2.05, 4.69) is 24.2 Å². The molecule has 1 heterocycles. The lowest BCUT2D eigenvalue weighted by Gasteiger charge is -2.27. The van der Waals surface area contributed by atoms with Gasteiger partial charge in [-0.25, -0.2) is 9.38 Å². The topological polar surface area (TPSA) is 46.1 Å². The summed E-state index contributed by atoms with van der Waals surface area (Å²) in [5.41, 5.74) is 0. The number of halogens is 1. The van der Waals surface area contributed by atoms with Gasteiger partial charge in [0.25, 0.3) is 0 Å². The fraction of sp³-hybridized carbons (Fsp3) is 0.667. The first-order chi connectivity index (χ1) is 13.1. The molecule has 1 aromatic rings. The van der Waals surface area contributed by atoms with Crippen molar-refractivity contribution in [2.45, 2.75) is 45.6 Å². The second-order valence-corrected chi connectivity index (χ2v) is 7.04. The smallest absolute Gasteiger partial charge is 0.193 e. The Morgan fingerprint density at radius 3 is 2.74 bits per heavy atom. The molecule has 1 aromatic carbocycles. The molecule has 1 fully saturated rings. The van der Waals surface area contributed by atoms with E-state index >= 15 is 0 Å². The van der Waals surface area contributed by atoms with E-state index in [0.717, 1.165) is 63.9 Å². The van der Waals surface area contributed by atoms with Crippen LogP contribution in [0, 0.1) is 11.7 Å². The van der Waals surface area contributed by atoms with Crippen molar-refractivity contribution >= 4 is 5.96 Å². The first kappa shape index (κ1) is 21.5. The van der Waals surface area contributed by atoms with Gasteiger partial charge >= 0.3 is 0 Å². The number of rotatable bonds is 9. The van der Waals surface area contributed by atoms with E-state index < -0.39 is 0 Å². The van der Waals surface area contributed by atoms with Crippen molar-refractivity contribution in [3.8, 4) is 5.75 Å². The fourth-order valence-corrected chi connectivity index (χ4v) is 3.14. The Bertz CT molecular complexity index is 576. The molecule has 0 spiro atoms. The van der Waals surface area contributed by atoms with Crippen LogP contribution in [0.4, 0.5) is 4.39 Å². The second-order valence-electron chi connectivity index (χ2n) is 7.04. The summed E-state index contributed by atoms with van der Waals surface area (Å²) in [7, 11) is 2.07. The van der Waals surface area contributed by atoms with Crippen molar-refractivity contribution in [2.75, 3.05) is 39.9 Å². The number of guanidine groups is 1. The SMILES string of the molecule is CCNC(=NCC(CC)Oc1ccccc1F)N(C)CCC1CCOCC1. The molecule has 2 rings (SSSR count). The molecule has 1 aliphatic heterocycles. The molecule has 0 amide bonds. The molecule has 1 N–H and O–H groups in total. The highest BCUT2D eigenvalue weighted by molar-refractivity contribution is 5.79. The lowest BCUT2D eigenvalue weighted by atomic mass is 9.96. The lowest BCUT2D eigenvalue weighted by Crippen LogP contribution is -2.40. The van der Waals surface area contributed by atoms with E-state index in [-0.39, 0.29) is 17.7 Å². The van der Waals surface area contributed by atoms with E-state index in [4.69, 9.17) is 14.5 Å². The van der Waals surface area contributed by atoms with Crippen molar-refractivity contribution in [3.05, 3.63) is 30.1 Å². The number of hydrogen-bond donors (Lipinski definition) is 1.